The van der Waals surface area contributed by atoms with Gasteiger partial charge in [-0.15, -0.1) is 11.3 Å². The molecule has 0 fully saturated rings. The van der Waals surface area contributed by atoms with Gasteiger partial charge in [-0.05, 0) is 44.0 Å². The van der Waals surface area contributed by atoms with Gasteiger partial charge >= 0.3 is 12.1 Å². The summed E-state index contributed by atoms with van der Waals surface area (Å²) in [6.07, 6.45) is -0.661. The molecule has 28 heavy (non-hydrogen) atoms. The Hall–Kier alpha value is -3.12. The van der Waals surface area contributed by atoms with Crippen molar-refractivity contribution in [2.45, 2.75) is 20.8 Å². The molecule has 3 aromatic rings. The Labute approximate surface area is 167 Å². The Balaban J connectivity index is 1.94. The molecule has 5 nitrogen and oxygen atoms in total. The lowest BCUT2D eigenvalue weighted by molar-refractivity contribution is 0.0529. The molecule has 0 radical (unpaired) electrons. The zero-order chi connectivity index (χ0) is 20.1. The molecule has 2 aromatic carbocycles. The van der Waals surface area contributed by atoms with Gasteiger partial charge in [0.05, 0.1) is 6.61 Å². The first-order valence-corrected chi connectivity index (χ1v) is 9.77. The van der Waals surface area contributed by atoms with Gasteiger partial charge in [0, 0.05) is 10.9 Å². The topological polar surface area (TPSA) is 64.6 Å². The Bertz CT molecular complexity index is 995. The number of thiophene rings is 1. The van der Waals surface area contributed by atoms with Gasteiger partial charge in [0.2, 0.25) is 0 Å². The number of hydrogen-bond donors (Lipinski definition) is 1. The maximum Gasteiger partial charge on any atom is 0.417 e. The second-order valence-corrected chi connectivity index (χ2v) is 7.10. The second kappa shape index (κ2) is 8.71. The van der Waals surface area contributed by atoms with Gasteiger partial charge in [-0.25, -0.2) is 9.59 Å². The number of ether oxygens (including phenoxy) is 2. The molecule has 0 saturated carbocycles. The summed E-state index contributed by atoms with van der Waals surface area (Å²) in [5, 5.41) is 4.92. The van der Waals surface area contributed by atoms with E-state index in [1.54, 1.807) is 31.2 Å². The molecule has 144 valence electrons. The highest BCUT2D eigenvalue weighted by Gasteiger charge is 2.24. The predicted molar refractivity (Wildman–Crippen MR) is 111 cm³/mol. The SMILES string of the molecule is CCOC(=O)c1c(-c2ccc(C)cc2C)csc1NC(=O)Oc1ccccc1. The summed E-state index contributed by atoms with van der Waals surface area (Å²) in [7, 11) is 0. The Morgan fingerprint density at radius 2 is 1.79 bits per heavy atom. The van der Waals surface area contributed by atoms with Crippen molar-refractivity contribution in [2.24, 2.45) is 0 Å². The molecule has 1 heterocycles. The van der Waals surface area contributed by atoms with Gasteiger partial charge < -0.3 is 9.47 Å². The van der Waals surface area contributed by atoms with E-state index < -0.39 is 12.1 Å². The lowest BCUT2D eigenvalue weighted by atomic mass is 9.98. The molecule has 1 N–H and O–H groups in total. The van der Waals surface area contributed by atoms with E-state index in [4.69, 9.17) is 9.47 Å². The van der Waals surface area contributed by atoms with Crippen LogP contribution in [0.4, 0.5) is 9.80 Å². The highest BCUT2D eigenvalue weighted by molar-refractivity contribution is 7.15. The molecule has 0 bridgehead atoms. The van der Waals surface area contributed by atoms with Crippen molar-refractivity contribution in [2.75, 3.05) is 11.9 Å². The largest absolute Gasteiger partial charge is 0.462 e. The zero-order valence-corrected chi connectivity index (χ0v) is 16.8. The number of hydrogen-bond acceptors (Lipinski definition) is 5. The number of anilines is 1. The average molecular weight is 395 g/mol. The van der Waals surface area contributed by atoms with Crippen LogP contribution in [-0.4, -0.2) is 18.7 Å². The van der Waals surface area contributed by atoms with E-state index in [0.29, 0.717) is 16.3 Å². The highest BCUT2D eigenvalue weighted by Crippen LogP contribution is 2.38. The fourth-order valence-electron chi connectivity index (χ4n) is 2.88. The van der Waals surface area contributed by atoms with Crippen molar-refractivity contribution >= 4 is 28.4 Å². The molecular formula is C22H21NO4S. The lowest BCUT2D eigenvalue weighted by Crippen LogP contribution is -2.18. The molecule has 0 spiro atoms. The quantitative estimate of drug-likeness (QED) is 0.553. The summed E-state index contributed by atoms with van der Waals surface area (Å²) in [6, 6.07) is 14.8. The van der Waals surface area contributed by atoms with Crippen molar-refractivity contribution < 1.29 is 19.1 Å². The van der Waals surface area contributed by atoms with E-state index in [9.17, 15) is 9.59 Å². The fraction of sp³-hybridized carbons (Fsp3) is 0.182. The number of carbonyl (C=O) groups is 2. The van der Waals surface area contributed by atoms with Gasteiger partial charge in [0.15, 0.2) is 0 Å². The minimum atomic E-state index is -0.661. The first kappa shape index (κ1) is 19.6. The molecule has 1 amide bonds. The van der Waals surface area contributed by atoms with Crippen LogP contribution >= 0.6 is 11.3 Å². The minimum absolute atomic E-state index is 0.245. The molecule has 0 aliphatic heterocycles. The first-order chi connectivity index (χ1) is 13.5. The third-order valence-corrected chi connectivity index (χ3v) is 5.01. The van der Waals surface area contributed by atoms with Crippen LogP contribution in [-0.2, 0) is 4.74 Å². The molecule has 0 unspecified atom stereocenters. The predicted octanol–water partition coefficient (Wildman–Crippen LogP) is 5.82. The van der Waals surface area contributed by atoms with Gasteiger partial charge in [-0.2, -0.15) is 0 Å². The molecule has 0 saturated heterocycles. The number of nitrogens with one attached hydrogen (secondary N) is 1. The number of benzene rings is 2. The van der Waals surface area contributed by atoms with Crippen LogP contribution in [0.2, 0.25) is 0 Å². The van der Waals surface area contributed by atoms with Crippen molar-refractivity contribution in [1.29, 1.82) is 0 Å². The lowest BCUT2D eigenvalue weighted by Gasteiger charge is -2.11. The molecule has 6 heteroatoms. The van der Waals surface area contributed by atoms with E-state index in [1.165, 1.54) is 11.3 Å². The van der Waals surface area contributed by atoms with Crippen LogP contribution in [0.3, 0.4) is 0 Å². The van der Waals surface area contributed by atoms with Gasteiger partial charge in [-0.1, -0.05) is 42.0 Å². The van der Waals surface area contributed by atoms with Crippen LogP contribution in [0.25, 0.3) is 11.1 Å². The number of aryl methyl sites for hydroxylation is 2. The summed E-state index contributed by atoms with van der Waals surface area (Å²) < 4.78 is 10.5. The standard InChI is InChI=1S/C22H21NO4S/c1-4-26-21(24)19-18(17-11-10-14(2)12-15(17)3)13-28-20(19)23-22(25)27-16-8-6-5-7-9-16/h5-13H,4H2,1-3H3,(H,23,25). The number of rotatable bonds is 5. The molecular weight excluding hydrogens is 374 g/mol. The summed E-state index contributed by atoms with van der Waals surface area (Å²) in [4.78, 5) is 24.9. The summed E-state index contributed by atoms with van der Waals surface area (Å²) in [6.45, 7) is 6.00. The summed E-state index contributed by atoms with van der Waals surface area (Å²) in [5.74, 6) is -0.0578. The molecule has 0 aliphatic rings. The van der Waals surface area contributed by atoms with E-state index in [0.717, 1.165) is 22.3 Å². The van der Waals surface area contributed by atoms with Gasteiger partial charge in [-0.3, -0.25) is 5.32 Å². The fourth-order valence-corrected chi connectivity index (χ4v) is 3.82. The van der Waals surface area contributed by atoms with E-state index in [-0.39, 0.29) is 6.61 Å². The number of amides is 1. The van der Waals surface area contributed by atoms with E-state index in [2.05, 4.69) is 11.4 Å². The Morgan fingerprint density at radius 3 is 2.46 bits per heavy atom. The maximum absolute atomic E-state index is 12.6. The van der Waals surface area contributed by atoms with Crippen molar-refractivity contribution in [3.05, 3.63) is 70.6 Å². The normalized spacial score (nSPS) is 10.4. The van der Waals surface area contributed by atoms with Crippen LogP contribution in [0, 0.1) is 13.8 Å². The highest BCUT2D eigenvalue weighted by atomic mass is 32.1. The number of carbonyl (C=O) groups excluding carboxylic acids is 2. The number of esters is 1. The molecule has 0 atom stereocenters. The van der Waals surface area contributed by atoms with Crippen LogP contribution in [0.5, 0.6) is 5.75 Å². The Kier molecular flexibility index (Phi) is 6.11. The minimum Gasteiger partial charge on any atom is -0.462 e. The Morgan fingerprint density at radius 1 is 1.04 bits per heavy atom. The molecule has 1 aromatic heterocycles. The second-order valence-electron chi connectivity index (χ2n) is 6.22. The first-order valence-electron chi connectivity index (χ1n) is 8.89. The van der Waals surface area contributed by atoms with Gasteiger partial charge in [0.25, 0.3) is 0 Å². The third kappa shape index (κ3) is 4.40. The maximum atomic E-state index is 12.6. The molecule has 3 rings (SSSR count). The third-order valence-electron chi connectivity index (χ3n) is 4.11. The van der Waals surface area contributed by atoms with Crippen LogP contribution < -0.4 is 10.1 Å². The van der Waals surface area contributed by atoms with Crippen LogP contribution in [0.1, 0.15) is 28.4 Å². The summed E-state index contributed by atoms with van der Waals surface area (Å²) in [5.41, 5.74) is 4.18. The van der Waals surface area contributed by atoms with Gasteiger partial charge in [0.1, 0.15) is 16.3 Å². The van der Waals surface area contributed by atoms with Crippen molar-refractivity contribution in [3.63, 3.8) is 0 Å². The van der Waals surface area contributed by atoms with E-state index >= 15 is 0 Å². The number of para-hydroxylation sites is 1. The van der Waals surface area contributed by atoms with Crippen molar-refractivity contribution in [3.8, 4) is 16.9 Å². The smallest absolute Gasteiger partial charge is 0.417 e. The molecule has 0 aliphatic carbocycles. The van der Waals surface area contributed by atoms with E-state index in [1.807, 2.05) is 37.4 Å². The van der Waals surface area contributed by atoms with Crippen molar-refractivity contribution in [1.82, 2.24) is 0 Å². The zero-order valence-electron chi connectivity index (χ0n) is 15.9. The average Bonchev–Trinajstić information content (AvgIpc) is 3.06. The monoisotopic (exact) mass is 395 g/mol. The van der Waals surface area contributed by atoms with Crippen LogP contribution in [0.15, 0.2) is 53.9 Å². The summed E-state index contributed by atoms with van der Waals surface area (Å²) >= 11 is 1.26.